The van der Waals surface area contributed by atoms with Gasteiger partial charge in [0.25, 0.3) is 0 Å². The molecule has 0 N–H and O–H groups in total. The molecule has 0 spiro atoms. The third-order valence-electron chi connectivity index (χ3n) is 1.65. The van der Waals surface area contributed by atoms with Crippen LogP contribution in [0, 0.1) is 0 Å². The maximum absolute atomic E-state index is 5.87. The number of hydrogen-bond donors (Lipinski definition) is 0. The standard InChI is InChI=1S/C9H5Cl2NS/c10-7-2-1-6(3-8(7)11)9-4-13-5-12-9/h1-5H. The largest absolute Gasteiger partial charge is 0.245 e. The van der Waals surface area contributed by atoms with Crippen molar-refractivity contribution in [3.05, 3.63) is 39.1 Å². The number of hydrogen-bond acceptors (Lipinski definition) is 2. The van der Waals surface area contributed by atoms with Gasteiger partial charge in [-0.15, -0.1) is 11.3 Å². The van der Waals surface area contributed by atoms with Crippen molar-refractivity contribution in [1.29, 1.82) is 0 Å². The molecule has 0 aliphatic rings. The molecule has 13 heavy (non-hydrogen) atoms. The predicted octanol–water partition coefficient (Wildman–Crippen LogP) is 4.12. The predicted molar refractivity (Wildman–Crippen MR) is 57.6 cm³/mol. The summed E-state index contributed by atoms with van der Waals surface area (Å²) in [5, 5.41) is 3.10. The van der Waals surface area contributed by atoms with Gasteiger partial charge in [0.05, 0.1) is 21.2 Å². The SMILES string of the molecule is Clc1ccc(-c2cscn2)cc1Cl. The van der Waals surface area contributed by atoms with Crippen molar-refractivity contribution in [3.63, 3.8) is 0 Å². The molecule has 2 aromatic rings. The second kappa shape index (κ2) is 3.66. The summed E-state index contributed by atoms with van der Waals surface area (Å²) < 4.78 is 0. The Kier molecular flexibility index (Phi) is 2.54. The van der Waals surface area contributed by atoms with Gasteiger partial charge in [0.2, 0.25) is 0 Å². The molecular formula is C9H5Cl2NS. The van der Waals surface area contributed by atoms with Crippen molar-refractivity contribution in [2.24, 2.45) is 0 Å². The molecule has 1 heterocycles. The summed E-state index contributed by atoms with van der Waals surface area (Å²) >= 11 is 13.2. The fourth-order valence-electron chi connectivity index (χ4n) is 1.01. The molecule has 1 aromatic heterocycles. The molecule has 0 saturated heterocycles. The lowest BCUT2D eigenvalue weighted by atomic mass is 10.2. The first-order valence-electron chi connectivity index (χ1n) is 3.61. The van der Waals surface area contributed by atoms with Gasteiger partial charge in [-0.2, -0.15) is 0 Å². The lowest BCUT2D eigenvalue weighted by Gasteiger charge is -1.98. The van der Waals surface area contributed by atoms with E-state index in [1.54, 1.807) is 22.9 Å². The molecule has 0 unspecified atom stereocenters. The maximum atomic E-state index is 5.87. The average molecular weight is 230 g/mol. The highest BCUT2D eigenvalue weighted by Crippen LogP contribution is 2.27. The van der Waals surface area contributed by atoms with Crippen molar-refractivity contribution in [1.82, 2.24) is 4.98 Å². The number of thiazole rings is 1. The van der Waals surface area contributed by atoms with Crippen molar-refractivity contribution in [2.75, 3.05) is 0 Å². The maximum Gasteiger partial charge on any atom is 0.0811 e. The van der Waals surface area contributed by atoms with E-state index in [1.165, 1.54) is 0 Å². The molecule has 0 saturated carbocycles. The Balaban J connectivity index is 2.49. The Bertz CT molecular complexity index is 412. The van der Waals surface area contributed by atoms with E-state index in [-0.39, 0.29) is 0 Å². The van der Waals surface area contributed by atoms with Crippen LogP contribution in [0.1, 0.15) is 0 Å². The van der Waals surface area contributed by atoms with E-state index in [1.807, 2.05) is 17.5 Å². The summed E-state index contributed by atoms with van der Waals surface area (Å²) in [6.07, 6.45) is 0. The van der Waals surface area contributed by atoms with Crippen molar-refractivity contribution in [3.8, 4) is 11.3 Å². The molecule has 66 valence electrons. The zero-order chi connectivity index (χ0) is 9.26. The molecule has 1 aromatic carbocycles. The first-order chi connectivity index (χ1) is 6.27. The molecule has 0 amide bonds. The van der Waals surface area contributed by atoms with Gasteiger partial charge in [0.1, 0.15) is 0 Å². The van der Waals surface area contributed by atoms with Gasteiger partial charge in [-0.05, 0) is 12.1 Å². The van der Waals surface area contributed by atoms with Gasteiger partial charge in [-0.25, -0.2) is 4.98 Å². The third kappa shape index (κ3) is 1.85. The fraction of sp³-hybridized carbons (Fsp3) is 0. The third-order valence-corrected chi connectivity index (χ3v) is 2.97. The summed E-state index contributed by atoms with van der Waals surface area (Å²) in [4.78, 5) is 4.17. The van der Waals surface area contributed by atoms with Crippen LogP contribution in [0.25, 0.3) is 11.3 Å². The summed E-state index contributed by atoms with van der Waals surface area (Å²) in [5.41, 5.74) is 3.72. The molecule has 0 aliphatic heterocycles. The Hall–Kier alpha value is -0.570. The van der Waals surface area contributed by atoms with Crippen LogP contribution in [0.3, 0.4) is 0 Å². The van der Waals surface area contributed by atoms with E-state index in [0.29, 0.717) is 10.0 Å². The van der Waals surface area contributed by atoms with E-state index in [9.17, 15) is 0 Å². The normalized spacial score (nSPS) is 10.3. The van der Waals surface area contributed by atoms with E-state index < -0.39 is 0 Å². The van der Waals surface area contributed by atoms with Gasteiger partial charge >= 0.3 is 0 Å². The zero-order valence-corrected chi connectivity index (χ0v) is 8.83. The van der Waals surface area contributed by atoms with E-state index in [4.69, 9.17) is 23.2 Å². The first kappa shape index (κ1) is 9.00. The molecule has 0 bridgehead atoms. The summed E-state index contributed by atoms with van der Waals surface area (Å²) in [7, 11) is 0. The van der Waals surface area contributed by atoms with E-state index in [2.05, 4.69) is 4.98 Å². The molecule has 0 aliphatic carbocycles. The second-order valence-corrected chi connectivity index (χ2v) is 4.04. The van der Waals surface area contributed by atoms with Crippen LogP contribution in [-0.4, -0.2) is 4.98 Å². The number of benzene rings is 1. The van der Waals surface area contributed by atoms with Crippen LogP contribution in [0.2, 0.25) is 10.0 Å². The quantitative estimate of drug-likeness (QED) is 0.718. The highest BCUT2D eigenvalue weighted by atomic mass is 35.5. The number of rotatable bonds is 1. The first-order valence-corrected chi connectivity index (χ1v) is 5.31. The molecule has 2 rings (SSSR count). The Morgan fingerprint density at radius 3 is 2.62 bits per heavy atom. The molecule has 0 radical (unpaired) electrons. The highest BCUT2D eigenvalue weighted by molar-refractivity contribution is 7.07. The van der Waals surface area contributed by atoms with Crippen LogP contribution < -0.4 is 0 Å². The Morgan fingerprint density at radius 1 is 1.15 bits per heavy atom. The minimum Gasteiger partial charge on any atom is -0.245 e. The highest BCUT2D eigenvalue weighted by Gasteiger charge is 2.02. The number of nitrogens with zero attached hydrogens (tertiary/aromatic N) is 1. The van der Waals surface area contributed by atoms with Crippen LogP contribution in [0.5, 0.6) is 0 Å². The minimum absolute atomic E-state index is 0.562. The molecular weight excluding hydrogens is 225 g/mol. The molecule has 4 heteroatoms. The van der Waals surface area contributed by atoms with Gasteiger partial charge in [-0.1, -0.05) is 29.3 Å². The topological polar surface area (TPSA) is 12.9 Å². The van der Waals surface area contributed by atoms with Crippen LogP contribution >= 0.6 is 34.5 Å². The van der Waals surface area contributed by atoms with Crippen LogP contribution in [0.15, 0.2) is 29.1 Å². The van der Waals surface area contributed by atoms with Crippen LogP contribution in [-0.2, 0) is 0 Å². The molecule has 0 fully saturated rings. The fourth-order valence-corrected chi connectivity index (χ4v) is 1.87. The van der Waals surface area contributed by atoms with E-state index in [0.717, 1.165) is 11.3 Å². The van der Waals surface area contributed by atoms with Gasteiger partial charge in [0, 0.05) is 10.9 Å². The second-order valence-electron chi connectivity index (χ2n) is 2.50. The van der Waals surface area contributed by atoms with Crippen LogP contribution in [0.4, 0.5) is 0 Å². The van der Waals surface area contributed by atoms with Crippen molar-refractivity contribution in [2.45, 2.75) is 0 Å². The van der Waals surface area contributed by atoms with Crippen molar-refractivity contribution < 1.29 is 0 Å². The monoisotopic (exact) mass is 229 g/mol. The Morgan fingerprint density at radius 2 is 2.00 bits per heavy atom. The van der Waals surface area contributed by atoms with Gasteiger partial charge < -0.3 is 0 Å². The lowest BCUT2D eigenvalue weighted by molar-refractivity contribution is 1.41. The molecule has 1 nitrogen and oxygen atoms in total. The van der Waals surface area contributed by atoms with Crippen molar-refractivity contribution >= 4 is 34.5 Å². The lowest BCUT2D eigenvalue weighted by Crippen LogP contribution is -1.77. The number of aromatic nitrogens is 1. The van der Waals surface area contributed by atoms with Gasteiger partial charge in [-0.3, -0.25) is 0 Å². The smallest absolute Gasteiger partial charge is 0.0811 e. The molecule has 0 atom stereocenters. The summed E-state index contributed by atoms with van der Waals surface area (Å²) in [6.45, 7) is 0. The average Bonchev–Trinajstić information content (AvgIpc) is 2.62. The number of halogens is 2. The zero-order valence-electron chi connectivity index (χ0n) is 6.50. The van der Waals surface area contributed by atoms with E-state index >= 15 is 0 Å². The summed E-state index contributed by atoms with van der Waals surface area (Å²) in [5.74, 6) is 0. The Labute approximate surface area is 90.0 Å². The minimum atomic E-state index is 0.562. The summed E-state index contributed by atoms with van der Waals surface area (Å²) in [6, 6.07) is 5.50. The van der Waals surface area contributed by atoms with Gasteiger partial charge in [0.15, 0.2) is 0 Å².